The second-order valence-electron chi connectivity index (χ2n) is 4.95. The molecule has 0 radical (unpaired) electrons. The number of nitrogens with one attached hydrogen (secondary N) is 2. The van der Waals surface area contributed by atoms with Gasteiger partial charge in [0, 0.05) is 23.5 Å². The van der Waals surface area contributed by atoms with Crippen molar-refractivity contribution in [3.63, 3.8) is 0 Å². The van der Waals surface area contributed by atoms with Gasteiger partial charge in [0.2, 0.25) is 0 Å². The maximum Gasteiger partial charge on any atom is 0.136 e. The van der Waals surface area contributed by atoms with Crippen molar-refractivity contribution in [2.75, 3.05) is 17.7 Å². The Hall–Kier alpha value is -2.13. The molecule has 0 amide bonds. The van der Waals surface area contributed by atoms with Gasteiger partial charge in [-0.1, -0.05) is 15.9 Å². The van der Waals surface area contributed by atoms with Crippen LogP contribution in [0.25, 0.3) is 0 Å². The highest BCUT2D eigenvalue weighted by Gasteiger charge is 2.27. The van der Waals surface area contributed by atoms with E-state index in [4.69, 9.17) is 0 Å². The van der Waals surface area contributed by atoms with Crippen LogP contribution in [-0.2, 0) is 0 Å². The Labute approximate surface area is 131 Å². The second-order valence-corrected chi connectivity index (χ2v) is 5.86. The van der Waals surface area contributed by atoms with E-state index in [2.05, 4.69) is 42.6 Å². The van der Waals surface area contributed by atoms with Crippen molar-refractivity contribution in [1.29, 1.82) is 5.26 Å². The molecular weight excluding hydrogens is 330 g/mol. The molecule has 1 aliphatic rings. The Morgan fingerprint density at radius 1 is 1.24 bits per heavy atom. The fourth-order valence-corrected chi connectivity index (χ4v) is 2.40. The van der Waals surface area contributed by atoms with Crippen LogP contribution in [0.3, 0.4) is 0 Å². The molecule has 1 fully saturated rings. The van der Waals surface area contributed by atoms with Gasteiger partial charge in [-0.15, -0.1) is 0 Å². The standard InChI is InChI=1S/C15H14BrN5/c1-18-13-7-14(21-15(20-13)9-2-3-9)19-12-6-11(16)5-4-10(12)8-17/h4-7,9H,2-3H2,1H3,(H2,18,19,20,21). The zero-order valence-corrected chi connectivity index (χ0v) is 13.1. The maximum absolute atomic E-state index is 9.19. The predicted molar refractivity (Wildman–Crippen MR) is 85.7 cm³/mol. The molecule has 1 aliphatic carbocycles. The number of hydrogen-bond acceptors (Lipinski definition) is 5. The van der Waals surface area contributed by atoms with Crippen LogP contribution in [0.1, 0.15) is 30.1 Å². The molecule has 1 saturated carbocycles. The van der Waals surface area contributed by atoms with Gasteiger partial charge in [0.15, 0.2) is 0 Å². The van der Waals surface area contributed by atoms with Crippen molar-refractivity contribution in [3.8, 4) is 6.07 Å². The molecule has 5 nitrogen and oxygen atoms in total. The summed E-state index contributed by atoms with van der Waals surface area (Å²) in [6.45, 7) is 0. The lowest BCUT2D eigenvalue weighted by Crippen LogP contribution is -2.03. The maximum atomic E-state index is 9.19. The van der Waals surface area contributed by atoms with Gasteiger partial charge >= 0.3 is 0 Å². The van der Waals surface area contributed by atoms with E-state index in [1.54, 1.807) is 6.07 Å². The number of nitriles is 1. The molecule has 1 aromatic heterocycles. The topological polar surface area (TPSA) is 73.6 Å². The Morgan fingerprint density at radius 2 is 2.00 bits per heavy atom. The van der Waals surface area contributed by atoms with Gasteiger partial charge in [-0.2, -0.15) is 5.26 Å². The first-order valence-corrected chi connectivity index (χ1v) is 7.52. The van der Waals surface area contributed by atoms with Crippen LogP contribution >= 0.6 is 15.9 Å². The van der Waals surface area contributed by atoms with Crippen molar-refractivity contribution in [3.05, 3.63) is 40.1 Å². The number of halogens is 1. The number of nitrogens with zero attached hydrogens (tertiary/aromatic N) is 3. The number of anilines is 3. The van der Waals surface area contributed by atoms with Gasteiger partial charge < -0.3 is 10.6 Å². The molecule has 1 heterocycles. The highest BCUT2D eigenvalue weighted by atomic mass is 79.9. The summed E-state index contributed by atoms with van der Waals surface area (Å²) < 4.78 is 0.911. The number of benzene rings is 1. The van der Waals surface area contributed by atoms with Crippen molar-refractivity contribution >= 4 is 33.3 Å². The lowest BCUT2D eigenvalue weighted by atomic mass is 10.2. The van der Waals surface area contributed by atoms with E-state index >= 15 is 0 Å². The molecule has 0 bridgehead atoms. The van der Waals surface area contributed by atoms with Gasteiger partial charge in [-0.3, -0.25) is 0 Å². The quantitative estimate of drug-likeness (QED) is 0.883. The zero-order chi connectivity index (χ0) is 14.8. The van der Waals surface area contributed by atoms with Crippen LogP contribution in [0.15, 0.2) is 28.7 Å². The van der Waals surface area contributed by atoms with Crippen molar-refractivity contribution in [1.82, 2.24) is 9.97 Å². The highest BCUT2D eigenvalue weighted by molar-refractivity contribution is 9.10. The van der Waals surface area contributed by atoms with Crippen LogP contribution in [0.5, 0.6) is 0 Å². The Bertz CT molecular complexity index is 718. The molecule has 0 spiro atoms. The minimum atomic E-state index is 0.469. The minimum absolute atomic E-state index is 0.469. The fraction of sp³-hybridized carbons (Fsp3) is 0.267. The molecule has 6 heteroatoms. The SMILES string of the molecule is CNc1cc(Nc2cc(Br)ccc2C#N)nc(C2CC2)n1. The molecule has 2 N–H and O–H groups in total. The molecule has 0 atom stereocenters. The summed E-state index contributed by atoms with van der Waals surface area (Å²) in [7, 11) is 1.84. The number of rotatable bonds is 4. The predicted octanol–water partition coefficient (Wildman–Crippen LogP) is 3.77. The normalized spacial score (nSPS) is 13.6. The minimum Gasteiger partial charge on any atom is -0.373 e. The summed E-state index contributed by atoms with van der Waals surface area (Å²) in [4.78, 5) is 9.04. The van der Waals surface area contributed by atoms with E-state index in [1.165, 1.54) is 0 Å². The molecule has 1 aromatic carbocycles. The van der Waals surface area contributed by atoms with Crippen LogP contribution in [-0.4, -0.2) is 17.0 Å². The average Bonchev–Trinajstić information content (AvgIpc) is 3.32. The molecular formula is C15H14BrN5. The van der Waals surface area contributed by atoms with Crippen LogP contribution in [0.2, 0.25) is 0 Å². The first-order valence-electron chi connectivity index (χ1n) is 6.73. The van der Waals surface area contributed by atoms with E-state index in [0.29, 0.717) is 17.3 Å². The third kappa shape index (κ3) is 3.14. The summed E-state index contributed by atoms with van der Waals surface area (Å²) in [5.74, 6) is 2.81. The van der Waals surface area contributed by atoms with Gasteiger partial charge in [0.25, 0.3) is 0 Å². The third-order valence-electron chi connectivity index (χ3n) is 3.31. The number of aromatic nitrogens is 2. The zero-order valence-electron chi connectivity index (χ0n) is 11.5. The highest BCUT2D eigenvalue weighted by Crippen LogP contribution is 2.39. The molecule has 3 rings (SSSR count). The van der Waals surface area contributed by atoms with Gasteiger partial charge in [0.05, 0.1) is 11.3 Å². The Balaban J connectivity index is 1.96. The lowest BCUT2D eigenvalue weighted by Gasteiger charge is -2.11. The second kappa shape index (κ2) is 5.70. The summed E-state index contributed by atoms with van der Waals surface area (Å²) in [5.41, 5.74) is 1.31. The summed E-state index contributed by atoms with van der Waals surface area (Å²) >= 11 is 3.42. The van der Waals surface area contributed by atoms with Gasteiger partial charge in [0.1, 0.15) is 23.5 Å². The first-order chi connectivity index (χ1) is 10.2. The summed E-state index contributed by atoms with van der Waals surface area (Å²) in [6.07, 6.45) is 2.29. The molecule has 0 aliphatic heterocycles. The van der Waals surface area contributed by atoms with E-state index in [0.717, 1.165) is 34.6 Å². The van der Waals surface area contributed by atoms with Gasteiger partial charge in [-0.05, 0) is 31.0 Å². The van der Waals surface area contributed by atoms with Crippen molar-refractivity contribution in [2.45, 2.75) is 18.8 Å². The Kier molecular flexibility index (Phi) is 3.76. The smallest absolute Gasteiger partial charge is 0.136 e. The molecule has 0 saturated heterocycles. The van der Waals surface area contributed by atoms with E-state index in [-0.39, 0.29) is 0 Å². The van der Waals surface area contributed by atoms with E-state index < -0.39 is 0 Å². The third-order valence-corrected chi connectivity index (χ3v) is 3.80. The van der Waals surface area contributed by atoms with E-state index in [1.807, 2.05) is 25.2 Å². The van der Waals surface area contributed by atoms with Crippen LogP contribution in [0, 0.1) is 11.3 Å². The van der Waals surface area contributed by atoms with Crippen LogP contribution < -0.4 is 10.6 Å². The first kappa shape index (κ1) is 13.8. The largest absolute Gasteiger partial charge is 0.373 e. The van der Waals surface area contributed by atoms with Crippen molar-refractivity contribution < 1.29 is 0 Å². The average molecular weight is 344 g/mol. The van der Waals surface area contributed by atoms with E-state index in [9.17, 15) is 5.26 Å². The van der Waals surface area contributed by atoms with Crippen molar-refractivity contribution in [2.24, 2.45) is 0 Å². The fourth-order valence-electron chi connectivity index (χ4n) is 2.04. The summed E-state index contributed by atoms with van der Waals surface area (Å²) in [5, 5.41) is 15.5. The number of hydrogen-bond donors (Lipinski definition) is 2. The molecule has 106 valence electrons. The molecule has 21 heavy (non-hydrogen) atoms. The monoisotopic (exact) mass is 343 g/mol. The lowest BCUT2D eigenvalue weighted by molar-refractivity contribution is 0.932. The Morgan fingerprint density at radius 3 is 2.67 bits per heavy atom. The van der Waals surface area contributed by atoms with Gasteiger partial charge in [-0.25, -0.2) is 9.97 Å². The summed E-state index contributed by atoms with van der Waals surface area (Å²) in [6, 6.07) is 9.51. The molecule has 2 aromatic rings. The van der Waals surface area contributed by atoms with Crippen LogP contribution in [0.4, 0.5) is 17.3 Å². The molecule has 0 unspecified atom stereocenters.